The van der Waals surface area contributed by atoms with Crippen molar-refractivity contribution in [3.8, 4) is 11.5 Å². The van der Waals surface area contributed by atoms with E-state index in [2.05, 4.69) is 56.3 Å². The van der Waals surface area contributed by atoms with Gasteiger partial charge in [0.15, 0.2) is 0 Å². The van der Waals surface area contributed by atoms with Crippen molar-refractivity contribution in [1.29, 1.82) is 0 Å². The highest BCUT2D eigenvalue weighted by atomic mass is 16.5. The molecule has 2 aliphatic rings. The van der Waals surface area contributed by atoms with Gasteiger partial charge in [-0.25, -0.2) is 0 Å². The number of benzene rings is 2. The van der Waals surface area contributed by atoms with E-state index in [9.17, 15) is 0 Å². The van der Waals surface area contributed by atoms with Crippen LogP contribution in [0.4, 0.5) is 0 Å². The monoisotopic (exact) mass is 348 g/mol. The zero-order valence-electron chi connectivity index (χ0n) is 16.2. The Labute approximate surface area is 157 Å². The van der Waals surface area contributed by atoms with Crippen molar-refractivity contribution in [3.05, 3.63) is 71.5 Å². The Morgan fingerprint density at radius 2 is 1.38 bits per heavy atom. The summed E-state index contributed by atoms with van der Waals surface area (Å²) in [4.78, 5) is 0. The van der Waals surface area contributed by atoms with Gasteiger partial charge >= 0.3 is 0 Å². The maximum Gasteiger partial charge on any atom is 0.119 e. The van der Waals surface area contributed by atoms with E-state index in [0.717, 1.165) is 11.5 Å². The van der Waals surface area contributed by atoms with Crippen molar-refractivity contribution in [2.45, 2.75) is 33.1 Å². The van der Waals surface area contributed by atoms with Crippen LogP contribution in [0.15, 0.2) is 48.5 Å². The van der Waals surface area contributed by atoms with E-state index in [1.54, 1.807) is 26.1 Å². The van der Waals surface area contributed by atoms with Crippen LogP contribution in [0.3, 0.4) is 0 Å². The molecule has 0 bridgehead atoms. The summed E-state index contributed by atoms with van der Waals surface area (Å²) < 4.78 is 10.9. The molecule has 2 aromatic carbocycles. The molecule has 0 heterocycles. The predicted molar refractivity (Wildman–Crippen MR) is 105 cm³/mol. The maximum atomic E-state index is 5.50. The Morgan fingerprint density at radius 3 is 2.00 bits per heavy atom. The fourth-order valence-electron chi connectivity index (χ4n) is 5.43. The van der Waals surface area contributed by atoms with Gasteiger partial charge in [-0.3, -0.25) is 0 Å². The van der Waals surface area contributed by atoms with Crippen LogP contribution in [0.25, 0.3) is 0 Å². The molecule has 0 aromatic heterocycles. The second-order valence-corrected chi connectivity index (χ2v) is 8.06. The molecule has 2 atom stereocenters. The molecule has 2 aromatic rings. The molecule has 2 heteroatoms. The molecule has 4 rings (SSSR count). The lowest BCUT2D eigenvalue weighted by Crippen LogP contribution is -2.26. The molecule has 136 valence electrons. The van der Waals surface area contributed by atoms with Gasteiger partial charge in [0.05, 0.1) is 14.2 Å². The lowest BCUT2D eigenvalue weighted by atomic mass is 9.68. The summed E-state index contributed by atoms with van der Waals surface area (Å²) in [6.07, 6.45) is 3.90. The fourth-order valence-corrected chi connectivity index (χ4v) is 5.43. The molecule has 2 nitrogen and oxygen atoms in total. The highest BCUT2D eigenvalue weighted by Gasteiger charge is 2.57. The predicted octanol–water partition coefficient (Wildman–Crippen LogP) is 5.71. The summed E-state index contributed by atoms with van der Waals surface area (Å²) in [5, 5.41) is 0. The van der Waals surface area contributed by atoms with Crippen molar-refractivity contribution in [2.24, 2.45) is 17.3 Å². The zero-order valence-corrected chi connectivity index (χ0v) is 16.2. The minimum Gasteiger partial charge on any atom is -0.497 e. The molecule has 2 radical (unpaired) electrons. The maximum absolute atomic E-state index is 5.50. The number of hydrogen-bond acceptors (Lipinski definition) is 2. The molecule has 0 N–H and O–H groups in total. The second kappa shape index (κ2) is 6.64. The molecule has 2 aliphatic carbocycles. The van der Waals surface area contributed by atoms with E-state index in [4.69, 9.17) is 9.47 Å². The Balaban J connectivity index is 1.76. The van der Waals surface area contributed by atoms with Gasteiger partial charge in [0, 0.05) is 11.8 Å². The average Bonchev–Trinajstić information content (AvgIpc) is 3.18. The Kier molecular flexibility index (Phi) is 4.46. The zero-order chi connectivity index (χ0) is 18.3. The summed E-state index contributed by atoms with van der Waals surface area (Å²) >= 11 is 0. The van der Waals surface area contributed by atoms with Crippen LogP contribution in [0, 0.1) is 29.1 Å². The van der Waals surface area contributed by atoms with Gasteiger partial charge < -0.3 is 9.47 Å². The van der Waals surface area contributed by atoms with Crippen molar-refractivity contribution in [1.82, 2.24) is 0 Å². The van der Waals surface area contributed by atoms with E-state index in [1.165, 1.54) is 30.4 Å². The highest BCUT2D eigenvalue weighted by molar-refractivity contribution is 5.54. The van der Waals surface area contributed by atoms with Crippen molar-refractivity contribution in [3.63, 3.8) is 0 Å². The molecule has 0 saturated heterocycles. The molecule has 2 saturated carbocycles. The van der Waals surface area contributed by atoms with Crippen molar-refractivity contribution in [2.75, 3.05) is 14.2 Å². The minimum atomic E-state index is 0.0523. The summed E-state index contributed by atoms with van der Waals surface area (Å²) in [6, 6.07) is 17.3. The van der Waals surface area contributed by atoms with Crippen molar-refractivity contribution < 1.29 is 9.47 Å². The minimum absolute atomic E-state index is 0.0523. The van der Waals surface area contributed by atoms with E-state index >= 15 is 0 Å². The Hall–Kier alpha value is -1.96. The third-order valence-electron chi connectivity index (χ3n) is 6.39. The van der Waals surface area contributed by atoms with Crippen LogP contribution < -0.4 is 9.47 Å². The van der Waals surface area contributed by atoms with Crippen LogP contribution in [-0.2, 0) is 0 Å². The third-order valence-corrected chi connectivity index (χ3v) is 6.39. The number of fused-ring (bicyclic) bond motifs is 1. The van der Waals surface area contributed by atoms with Crippen molar-refractivity contribution >= 4 is 0 Å². The Bertz CT molecular complexity index is 762. The summed E-state index contributed by atoms with van der Waals surface area (Å²) in [7, 11) is 3.47. The smallest absolute Gasteiger partial charge is 0.119 e. The van der Waals surface area contributed by atoms with Crippen LogP contribution in [0.2, 0.25) is 0 Å². The van der Waals surface area contributed by atoms with E-state index in [0.29, 0.717) is 11.8 Å². The lowest BCUT2D eigenvalue weighted by molar-refractivity contribution is 0.410. The first-order valence-corrected chi connectivity index (χ1v) is 9.59. The van der Waals surface area contributed by atoms with Gasteiger partial charge in [-0.1, -0.05) is 44.5 Å². The first-order valence-electron chi connectivity index (χ1n) is 9.59. The fraction of sp³-hybridized carbons (Fsp3) is 0.417. The van der Waals surface area contributed by atoms with Crippen LogP contribution in [0.1, 0.15) is 44.2 Å². The summed E-state index contributed by atoms with van der Waals surface area (Å²) in [6.45, 7) is 4.80. The normalized spacial score (nSPS) is 25.2. The lowest BCUT2D eigenvalue weighted by Gasteiger charge is -2.35. The first kappa shape index (κ1) is 17.5. The van der Waals surface area contributed by atoms with Crippen LogP contribution >= 0.6 is 0 Å². The molecule has 0 spiro atoms. The summed E-state index contributed by atoms with van der Waals surface area (Å²) in [5.74, 6) is 6.35. The third kappa shape index (κ3) is 2.71. The number of hydrogen-bond donors (Lipinski definition) is 0. The highest BCUT2D eigenvalue weighted by Crippen LogP contribution is 2.66. The largest absolute Gasteiger partial charge is 0.497 e. The molecule has 2 unspecified atom stereocenters. The quantitative estimate of drug-likeness (QED) is 0.705. The number of methoxy groups -OCH3 is 2. The standard InChI is InChI=1S/C24H28O2/c1-24(2)22(16-11-13-18(25-3)14-12-16)20-9-6-10-21(20)23(24)17-7-5-8-19(15-17)26-4/h5,7-8,11-15,20-21H,6,9-10H2,1-4H3. The van der Waals surface area contributed by atoms with Gasteiger partial charge in [-0.05, 0) is 65.5 Å². The number of rotatable bonds is 4. The van der Waals surface area contributed by atoms with Gasteiger partial charge in [-0.15, -0.1) is 0 Å². The average molecular weight is 348 g/mol. The number of ether oxygens (including phenoxy) is 2. The Morgan fingerprint density at radius 1 is 0.769 bits per heavy atom. The van der Waals surface area contributed by atoms with E-state index in [-0.39, 0.29) is 5.41 Å². The SMILES string of the molecule is COc1ccc([C]2C3CCCC3[C](c3cccc(OC)c3)C2(C)C)cc1. The van der Waals surface area contributed by atoms with Crippen LogP contribution in [-0.4, -0.2) is 14.2 Å². The van der Waals surface area contributed by atoms with E-state index < -0.39 is 0 Å². The van der Waals surface area contributed by atoms with Crippen LogP contribution in [0.5, 0.6) is 11.5 Å². The molecule has 26 heavy (non-hydrogen) atoms. The van der Waals surface area contributed by atoms with Gasteiger partial charge in [0.2, 0.25) is 0 Å². The van der Waals surface area contributed by atoms with Gasteiger partial charge in [0.1, 0.15) is 11.5 Å². The van der Waals surface area contributed by atoms with E-state index in [1.807, 2.05) is 6.07 Å². The second-order valence-electron chi connectivity index (χ2n) is 8.06. The molecule has 0 amide bonds. The molecule has 2 fully saturated rings. The molecular weight excluding hydrogens is 320 g/mol. The summed E-state index contributed by atoms with van der Waals surface area (Å²) in [5.41, 5.74) is 2.76. The topological polar surface area (TPSA) is 18.5 Å². The van der Waals surface area contributed by atoms with Gasteiger partial charge in [0.25, 0.3) is 0 Å². The molecule has 0 aliphatic heterocycles. The molecular formula is C24H28O2. The first-order chi connectivity index (χ1) is 12.6. The van der Waals surface area contributed by atoms with Gasteiger partial charge in [-0.2, -0.15) is 0 Å².